The predicted octanol–water partition coefficient (Wildman–Crippen LogP) is 12.0. The maximum atomic E-state index is 6.27. The molecule has 42 heavy (non-hydrogen) atoms. The lowest BCUT2D eigenvalue weighted by Crippen LogP contribution is -1.84. The summed E-state index contributed by atoms with van der Waals surface area (Å²) < 4.78 is 7.52. The van der Waals surface area contributed by atoms with Gasteiger partial charge in [-0.3, -0.25) is 0 Å². The van der Waals surface area contributed by atoms with Crippen molar-refractivity contribution in [2.24, 2.45) is 0 Å². The number of hydrogen-bond donors (Lipinski definition) is 0. The summed E-state index contributed by atoms with van der Waals surface area (Å²) in [6, 6.07) is 54.5. The zero-order valence-corrected chi connectivity index (χ0v) is 24.9. The van der Waals surface area contributed by atoms with Crippen LogP contribution in [0.5, 0.6) is 0 Å². The summed E-state index contributed by atoms with van der Waals surface area (Å²) in [6.07, 6.45) is 0. The molecule has 7 aromatic carbocycles. The lowest BCUT2D eigenvalue weighted by atomic mass is 9.95. The van der Waals surface area contributed by atoms with Crippen LogP contribution in [-0.4, -0.2) is 0 Å². The number of para-hydroxylation sites is 2. The fraction of sp³-hybridized carbons (Fsp3) is 0. The highest BCUT2D eigenvalue weighted by molar-refractivity contribution is 14.1. The fourth-order valence-electron chi connectivity index (χ4n) is 5.92. The van der Waals surface area contributed by atoms with E-state index in [0.717, 1.165) is 33.1 Å². The Balaban J connectivity index is 1.07. The van der Waals surface area contributed by atoms with E-state index in [9.17, 15) is 0 Å². The average Bonchev–Trinajstić information content (AvgIpc) is 3.44. The molecule has 0 unspecified atom stereocenters. The zero-order chi connectivity index (χ0) is 28.0. The van der Waals surface area contributed by atoms with E-state index < -0.39 is 0 Å². The molecule has 1 heterocycles. The Morgan fingerprint density at radius 1 is 0.381 bits per heavy atom. The molecule has 0 aliphatic heterocycles. The SMILES string of the molecule is Ic1ccc(-c2ccc(-c3ccc4cc(-c5ccc(-c6cccc7c6oc6ccccc67)cc5)ccc4c3)cc2)cc1. The first kappa shape index (κ1) is 25.1. The van der Waals surface area contributed by atoms with E-state index in [4.69, 9.17) is 4.42 Å². The third-order valence-corrected chi connectivity index (χ3v) is 8.89. The minimum Gasteiger partial charge on any atom is -0.455 e. The lowest BCUT2D eigenvalue weighted by Gasteiger charge is -2.09. The first-order chi connectivity index (χ1) is 20.7. The highest BCUT2D eigenvalue weighted by Gasteiger charge is 2.12. The number of hydrogen-bond acceptors (Lipinski definition) is 1. The summed E-state index contributed by atoms with van der Waals surface area (Å²) in [5.74, 6) is 0. The normalized spacial score (nSPS) is 11.5. The van der Waals surface area contributed by atoms with Gasteiger partial charge in [0.1, 0.15) is 11.2 Å². The summed E-state index contributed by atoms with van der Waals surface area (Å²) in [7, 11) is 0. The summed E-state index contributed by atoms with van der Waals surface area (Å²) in [5, 5.41) is 4.79. The largest absolute Gasteiger partial charge is 0.455 e. The van der Waals surface area contributed by atoms with E-state index in [1.807, 2.05) is 12.1 Å². The minimum absolute atomic E-state index is 0.926. The van der Waals surface area contributed by atoms with E-state index in [1.165, 1.54) is 47.7 Å². The van der Waals surface area contributed by atoms with Crippen LogP contribution >= 0.6 is 22.6 Å². The molecule has 198 valence electrons. The third kappa shape index (κ3) is 4.49. The second kappa shape index (κ2) is 10.3. The molecule has 0 fully saturated rings. The summed E-state index contributed by atoms with van der Waals surface area (Å²) >= 11 is 2.35. The van der Waals surface area contributed by atoms with Gasteiger partial charge in [-0.15, -0.1) is 0 Å². The molecule has 0 aliphatic carbocycles. The molecule has 0 aliphatic rings. The van der Waals surface area contributed by atoms with Crippen molar-refractivity contribution in [1.29, 1.82) is 0 Å². The van der Waals surface area contributed by atoms with Crippen LogP contribution in [0.3, 0.4) is 0 Å². The summed E-state index contributed by atoms with van der Waals surface area (Å²) in [6.45, 7) is 0. The van der Waals surface area contributed by atoms with Gasteiger partial charge in [-0.25, -0.2) is 0 Å². The molecule has 0 amide bonds. The Morgan fingerprint density at radius 3 is 1.48 bits per heavy atom. The van der Waals surface area contributed by atoms with Gasteiger partial charge in [0.2, 0.25) is 0 Å². The van der Waals surface area contributed by atoms with Crippen LogP contribution in [0.15, 0.2) is 156 Å². The van der Waals surface area contributed by atoms with E-state index in [2.05, 4.69) is 162 Å². The number of halogens is 1. The van der Waals surface area contributed by atoms with Crippen molar-refractivity contribution in [1.82, 2.24) is 0 Å². The van der Waals surface area contributed by atoms with Gasteiger partial charge in [0.05, 0.1) is 0 Å². The molecular formula is C40H25IO. The first-order valence-corrected chi connectivity index (χ1v) is 15.2. The maximum absolute atomic E-state index is 6.27. The molecule has 0 saturated carbocycles. The molecule has 8 rings (SSSR count). The first-order valence-electron chi connectivity index (χ1n) is 14.1. The van der Waals surface area contributed by atoms with Gasteiger partial charge in [0.15, 0.2) is 0 Å². The van der Waals surface area contributed by atoms with Crippen molar-refractivity contribution in [3.63, 3.8) is 0 Å². The van der Waals surface area contributed by atoms with Gasteiger partial charge in [0.25, 0.3) is 0 Å². The van der Waals surface area contributed by atoms with Crippen LogP contribution in [0.2, 0.25) is 0 Å². The number of fused-ring (bicyclic) bond motifs is 4. The van der Waals surface area contributed by atoms with Gasteiger partial charge >= 0.3 is 0 Å². The smallest absolute Gasteiger partial charge is 0.143 e. The molecule has 2 heteroatoms. The second-order valence-electron chi connectivity index (χ2n) is 10.7. The summed E-state index contributed by atoms with van der Waals surface area (Å²) in [4.78, 5) is 0. The lowest BCUT2D eigenvalue weighted by molar-refractivity contribution is 0.670. The van der Waals surface area contributed by atoms with E-state index >= 15 is 0 Å². The second-order valence-corrected chi connectivity index (χ2v) is 12.0. The maximum Gasteiger partial charge on any atom is 0.143 e. The molecule has 0 radical (unpaired) electrons. The summed E-state index contributed by atoms with van der Waals surface area (Å²) in [5.41, 5.74) is 11.5. The Morgan fingerprint density at radius 2 is 0.857 bits per heavy atom. The molecule has 0 bridgehead atoms. The average molecular weight is 649 g/mol. The van der Waals surface area contributed by atoms with Crippen LogP contribution in [0.25, 0.3) is 77.2 Å². The number of furan rings is 1. The van der Waals surface area contributed by atoms with E-state index in [1.54, 1.807) is 0 Å². The Labute approximate surface area is 258 Å². The predicted molar refractivity (Wildman–Crippen MR) is 186 cm³/mol. The topological polar surface area (TPSA) is 13.1 Å². The number of rotatable bonds is 4. The Bertz CT molecular complexity index is 2220. The van der Waals surface area contributed by atoms with Crippen LogP contribution in [0.4, 0.5) is 0 Å². The number of benzene rings is 7. The van der Waals surface area contributed by atoms with Gasteiger partial charge in [-0.1, -0.05) is 121 Å². The fourth-order valence-corrected chi connectivity index (χ4v) is 6.28. The van der Waals surface area contributed by atoms with Gasteiger partial charge in [-0.05, 0) is 103 Å². The molecule has 8 aromatic rings. The van der Waals surface area contributed by atoms with Gasteiger partial charge in [-0.2, -0.15) is 0 Å². The Hall–Kier alpha value is -4.67. The molecule has 1 nitrogen and oxygen atoms in total. The molecule has 1 aromatic heterocycles. The van der Waals surface area contributed by atoms with Crippen molar-refractivity contribution in [2.75, 3.05) is 0 Å². The van der Waals surface area contributed by atoms with Crippen LogP contribution < -0.4 is 0 Å². The van der Waals surface area contributed by atoms with Crippen LogP contribution in [0.1, 0.15) is 0 Å². The zero-order valence-electron chi connectivity index (χ0n) is 22.7. The van der Waals surface area contributed by atoms with Gasteiger partial charge in [0, 0.05) is 19.9 Å². The van der Waals surface area contributed by atoms with Crippen LogP contribution in [0, 0.1) is 3.57 Å². The molecule has 0 spiro atoms. The van der Waals surface area contributed by atoms with Crippen molar-refractivity contribution in [3.05, 3.63) is 155 Å². The standard InChI is InChI=1S/C40H25IO/c41-35-22-20-27(21-23-35)26-8-10-28(11-9-26)31-16-18-34-25-32(17-19-33(34)24-31)29-12-14-30(15-13-29)36-5-3-6-38-37-4-1-2-7-39(37)42-40(36)38/h1-25H. The van der Waals surface area contributed by atoms with Crippen molar-refractivity contribution < 1.29 is 4.42 Å². The van der Waals surface area contributed by atoms with Gasteiger partial charge < -0.3 is 4.42 Å². The quantitative estimate of drug-likeness (QED) is 0.173. The van der Waals surface area contributed by atoms with Crippen LogP contribution in [-0.2, 0) is 0 Å². The highest BCUT2D eigenvalue weighted by atomic mass is 127. The minimum atomic E-state index is 0.926. The van der Waals surface area contributed by atoms with Crippen molar-refractivity contribution in [3.8, 4) is 44.5 Å². The highest BCUT2D eigenvalue weighted by Crippen LogP contribution is 2.37. The molecular weight excluding hydrogens is 623 g/mol. The van der Waals surface area contributed by atoms with E-state index in [-0.39, 0.29) is 0 Å². The van der Waals surface area contributed by atoms with E-state index in [0.29, 0.717) is 0 Å². The monoisotopic (exact) mass is 648 g/mol. The third-order valence-electron chi connectivity index (χ3n) is 8.17. The Kier molecular flexibility index (Phi) is 6.15. The van der Waals surface area contributed by atoms with Crippen molar-refractivity contribution >= 4 is 55.3 Å². The molecule has 0 N–H and O–H groups in total. The molecule has 0 atom stereocenters. The van der Waals surface area contributed by atoms with Crippen molar-refractivity contribution in [2.45, 2.75) is 0 Å². The molecule has 0 saturated heterocycles.